The Hall–Kier alpha value is -2.20. The second-order valence-electron chi connectivity index (χ2n) is 6.61. The molecular formula is C19H22BrNO7S. The molecule has 0 saturated carbocycles. The summed E-state index contributed by atoms with van der Waals surface area (Å²) in [6.07, 6.45) is 0.375. The van der Waals surface area contributed by atoms with Gasteiger partial charge in [0.15, 0.2) is 26.0 Å². The Kier molecular flexibility index (Phi) is 6.42. The van der Waals surface area contributed by atoms with Crippen LogP contribution in [0, 0.1) is 0 Å². The second kappa shape index (κ2) is 8.66. The van der Waals surface area contributed by atoms with Crippen LogP contribution in [0.3, 0.4) is 0 Å². The summed E-state index contributed by atoms with van der Waals surface area (Å²) in [4.78, 5) is 14.9. The SMILES string of the molecule is COc1cc(C(=O)N(Cc2ccc(Br)o2)[C@@H]2CCS(=O)(=O)C2)cc(OC)c1OC. The van der Waals surface area contributed by atoms with Crippen molar-refractivity contribution in [2.75, 3.05) is 32.8 Å². The predicted octanol–water partition coefficient (Wildman–Crippen LogP) is 2.90. The summed E-state index contributed by atoms with van der Waals surface area (Å²) in [6.45, 7) is 0.140. The van der Waals surface area contributed by atoms with Gasteiger partial charge in [-0.05, 0) is 46.6 Å². The van der Waals surface area contributed by atoms with Crippen LogP contribution in [0.15, 0.2) is 33.4 Å². The van der Waals surface area contributed by atoms with E-state index >= 15 is 0 Å². The van der Waals surface area contributed by atoms with Crippen LogP contribution in [0.2, 0.25) is 0 Å². The third kappa shape index (κ3) is 4.69. The van der Waals surface area contributed by atoms with Crippen molar-refractivity contribution in [1.29, 1.82) is 0 Å². The first kappa shape index (κ1) is 21.5. The zero-order valence-corrected chi connectivity index (χ0v) is 18.7. The molecule has 0 aliphatic carbocycles. The Morgan fingerprint density at radius 1 is 1.17 bits per heavy atom. The quantitative estimate of drug-likeness (QED) is 0.592. The van der Waals surface area contributed by atoms with E-state index < -0.39 is 15.9 Å². The van der Waals surface area contributed by atoms with Gasteiger partial charge in [-0.3, -0.25) is 4.79 Å². The van der Waals surface area contributed by atoms with Gasteiger partial charge in [-0.15, -0.1) is 0 Å². The lowest BCUT2D eigenvalue weighted by atomic mass is 10.1. The standard InChI is InChI=1S/C19H22BrNO7S/c1-25-15-8-12(9-16(26-2)18(15)27-3)19(22)21(10-14-4-5-17(20)28-14)13-6-7-29(23,24)11-13/h4-5,8-9,13H,6-7,10-11H2,1-3H3/t13-/m1/s1. The van der Waals surface area contributed by atoms with E-state index in [0.717, 1.165) is 0 Å². The number of furan rings is 1. The average molecular weight is 488 g/mol. The molecule has 29 heavy (non-hydrogen) atoms. The molecule has 1 aromatic carbocycles. The minimum atomic E-state index is -3.18. The molecule has 158 valence electrons. The first-order valence-electron chi connectivity index (χ1n) is 8.83. The molecule has 1 aliphatic heterocycles. The highest BCUT2D eigenvalue weighted by Gasteiger charge is 2.36. The molecule has 1 aromatic heterocycles. The average Bonchev–Trinajstić information content (AvgIpc) is 3.28. The van der Waals surface area contributed by atoms with Crippen LogP contribution in [0.25, 0.3) is 0 Å². The number of ether oxygens (including phenoxy) is 3. The molecule has 2 heterocycles. The molecule has 0 unspecified atom stereocenters. The minimum absolute atomic E-state index is 0.0541. The van der Waals surface area contributed by atoms with Gasteiger partial charge >= 0.3 is 0 Å². The fraction of sp³-hybridized carbons (Fsp3) is 0.421. The minimum Gasteiger partial charge on any atom is -0.493 e. The van der Waals surface area contributed by atoms with E-state index in [0.29, 0.717) is 39.7 Å². The van der Waals surface area contributed by atoms with Crippen LogP contribution < -0.4 is 14.2 Å². The zero-order chi connectivity index (χ0) is 21.2. The largest absolute Gasteiger partial charge is 0.493 e. The highest BCUT2D eigenvalue weighted by Crippen LogP contribution is 2.39. The fourth-order valence-electron chi connectivity index (χ4n) is 3.36. The zero-order valence-electron chi connectivity index (χ0n) is 16.3. The summed E-state index contributed by atoms with van der Waals surface area (Å²) >= 11 is 3.25. The van der Waals surface area contributed by atoms with Gasteiger partial charge in [0.1, 0.15) is 5.76 Å². The highest BCUT2D eigenvalue weighted by molar-refractivity contribution is 9.10. The van der Waals surface area contributed by atoms with Crippen molar-refractivity contribution in [2.24, 2.45) is 0 Å². The summed E-state index contributed by atoms with van der Waals surface area (Å²) in [5.41, 5.74) is 0.300. The molecule has 1 atom stereocenters. The number of halogens is 1. The molecule has 0 bridgehead atoms. The summed E-state index contributed by atoms with van der Waals surface area (Å²) in [7, 11) is 1.23. The lowest BCUT2D eigenvalue weighted by Crippen LogP contribution is -2.40. The van der Waals surface area contributed by atoms with Gasteiger partial charge in [-0.2, -0.15) is 0 Å². The summed E-state index contributed by atoms with van der Waals surface area (Å²) in [5, 5.41) is 0. The molecule has 3 rings (SSSR count). The van der Waals surface area contributed by atoms with Gasteiger partial charge in [0.2, 0.25) is 5.75 Å². The number of methoxy groups -OCH3 is 3. The van der Waals surface area contributed by atoms with E-state index in [1.807, 2.05) is 0 Å². The van der Waals surface area contributed by atoms with Crippen LogP contribution >= 0.6 is 15.9 Å². The van der Waals surface area contributed by atoms with Crippen LogP contribution in [-0.4, -0.2) is 58.1 Å². The number of nitrogens with zero attached hydrogens (tertiary/aromatic N) is 1. The normalized spacial score (nSPS) is 17.7. The molecule has 2 aromatic rings. The van der Waals surface area contributed by atoms with E-state index in [-0.39, 0.29) is 24.0 Å². The van der Waals surface area contributed by atoms with Crippen molar-refractivity contribution >= 4 is 31.7 Å². The number of hydrogen-bond acceptors (Lipinski definition) is 7. The number of sulfone groups is 1. The lowest BCUT2D eigenvalue weighted by molar-refractivity contribution is 0.0664. The number of hydrogen-bond donors (Lipinski definition) is 0. The molecule has 0 radical (unpaired) electrons. The molecule has 8 nitrogen and oxygen atoms in total. The number of benzene rings is 1. The Morgan fingerprint density at radius 2 is 1.83 bits per heavy atom. The maximum absolute atomic E-state index is 13.4. The number of amides is 1. The molecule has 1 aliphatic rings. The topological polar surface area (TPSA) is 95.3 Å². The fourth-order valence-corrected chi connectivity index (χ4v) is 5.43. The Morgan fingerprint density at radius 3 is 2.28 bits per heavy atom. The maximum atomic E-state index is 13.4. The van der Waals surface area contributed by atoms with Gasteiger partial charge < -0.3 is 23.5 Å². The van der Waals surface area contributed by atoms with Gasteiger partial charge in [0, 0.05) is 11.6 Å². The van der Waals surface area contributed by atoms with Crippen LogP contribution in [-0.2, 0) is 16.4 Å². The van der Waals surface area contributed by atoms with Crippen LogP contribution in [0.4, 0.5) is 0 Å². The maximum Gasteiger partial charge on any atom is 0.254 e. The van der Waals surface area contributed by atoms with Gasteiger partial charge in [-0.25, -0.2) is 8.42 Å². The number of carbonyl (C=O) groups is 1. The van der Waals surface area contributed by atoms with Gasteiger partial charge in [0.05, 0.1) is 39.4 Å². The molecule has 1 saturated heterocycles. The van der Waals surface area contributed by atoms with Crippen LogP contribution in [0.1, 0.15) is 22.5 Å². The van der Waals surface area contributed by atoms with Crippen molar-refractivity contribution < 1.29 is 31.8 Å². The highest BCUT2D eigenvalue weighted by atomic mass is 79.9. The van der Waals surface area contributed by atoms with Gasteiger partial charge in [-0.1, -0.05) is 0 Å². The second-order valence-corrected chi connectivity index (χ2v) is 9.62. The predicted molar refractivity (Wildman–Crippen MR) is 109 cm³/mol. The number of carbonyl (C=O) groups excluding carboxylic acids is 1. The van der Waals surface area contributed by atoms with E-state index in [1.54, 1.807) is 24.3 Å². The molecule has 1 amide bonds. The lowest BCUT2D eigenvalue weighted by Gasteiger charge is -2.28. The van der Waals surface area contributed by atoms with Crippen molar-refractivity contribution in [3.63, 3.8) is 0 Å². The smallest absolute Gasteiger partial charge is 0.254 e. The van der Waals surface area contributed by atoms with Crippen molar-refractivity contribution in [2.45, 2.75) is 19.0 Å². The summed E-state index contributed by atoms with van der Waals surface area (Å²) in [6, 6.07) is 6.12. The van der Waals surface area contributed by atoms with E-state index in [4.69, 9.17) is 18.6 Å². The van der Waals surface area contributed by atoms with Crippen molar-refractivity contribution in [1.82, 2.24) is 4.90 Å². The van der Waals surface area contributed by atoms with Crippen molar-refractivity contribution in [3.05, 3.63) is 40.3 Å². The van der Waals surface area contributed by atoms with E-state index in [9.17, 15) is 13.2 Å². The van der Waals surface area contributed by atoms with Gasteiger partial charge in [0.25, 0.3) is 5.91 Å². The first-order chi connectivity index (χ1) is 13.8. The third-order valence-electron chi connectivity index (χ3n) is 4.78. The molecule has 0 spiro atoms. The number of rotatable bonds is 7. The molecule has 10 heteroatoms. The van der Waals surface area contributed by atoms with Crippen molar-refractivity contribution in [3.8, 4) is 17.2 Å². The molecule has 0 N–H and O–H groups in total. The third-order valence-corrected chi connectivity index (χ3v) is 6.95. The Labute approximate surface area is 177 Å². The molecular weight excluding hydrogens is 466 g/mol. The monoisotopic (exact) mass is 487 g/mol. The van der Waals surface area contributed by atoms with E-state index in [1.165, 1.54) is 26.2 Å². The molecule has 1 fully saturated rings. The summed E-state index contributed by atoms with van der Waals surface area (Å²) < 4.78 is 46.1. The van der Waals surface area contributed by atoms with Crippen LogP contribution in [0.5, 0.6) is 17.2 Å². The first-order valence-corrected chi connectivity index (χ1v) is 11.4. The Balaban J connectivity index is 1.99. The van der Waals surface area contributed by atoms with E-state index in [2.05, 4.69) is 15.9 Å². The summed E-state index contributed by atoms with van der Waals surface area (Å²) in [5.74, 6) is 1.23. The Bertz CT molecular complexity index is 977.